The quantitative estimate of drug-likeness (QED) is 0.574. The second kappa shape index (κ2) is 7.92. The molecule has 24 heavy (non-hydrogen) atoms. The van der Waals surface area contributed by atoms with Crippen molar-refractivity contribution in [3.8, 4) is 0 Å². The van der Waals surface area contributed by atoms with Gasteiger partial charge in [0.2, 0.25) is 0 Å². The van der Waals surface area contributed by atoms with Gasteiger partial charge in [-0.15, -0.1) is 0 Å². The Kier molecular flexibility index (Phi) is 5.92. The Morgan fingerprint density at radius 1 is 1.17 bits per heavy atom. The van der Waals surface area contributed by atoms with E-state index in [2.05, 4.69) is 0 Å². The van der Waals surface area contributed by atoms with Crippen molar-refractivity contribution >= 4 is 23.4 Å². The van der Waals surface area contributed by atoms with Gasteiger partial charge < -0.3 is 4.90 Å². The predicted octanol–water partition coefficient (Wildman–Crippen LogP) is 4.37. The minimum atomic E-state index is -0.509. The first-order valence-electron chi connectivity index (χ1n) is 7.47. The molecule has 0 aliphatic carbocycles. The zero-order chi connectivity index (χ0) is 17.7. The van der Waals surface area contributed by atoms with Crippen LogP contribution in [-0.2, 0) is 0 Å². The van der Waals surface area contributed by atoms with Crippen molar-refractivity contribution in [2.24, 2.45) is 0 Å². The molecule has 0 spiro atoms. The molecule has 0 unspecified atom stereocenters. The number of carbonyl (C=O) groups is 1. The Bertz CT molecular complexity index is 746. The number of carbonyl (C=O) groups excluding carboxylic acids is 1. The summed E-state index contributed by atoms with van der Waals surface area (Å²) in [6, 6.07) is 10.1. The predicted molar refractivity (Wildman–Crippen MR) is 90.9 cm³/mol. The minimum absolute atomic E-state index is 0.137. The molecule has 5 nitrogen and oxygen atoms in total. The summed E-state index contributed by atoms with van der Waals surface area (Å²) in [5, 5.41) is 11.4. The number of hydrogen-bond donors (Lipinski definition) is 0. The molecule has 0 radical (unpaired) electrons. The average Bonchev–Trinajstić information content (AvgIpc) is 2.58. The van der Waals surface area contributed by atoms with Crippen LogP contribution in [0.15, 0.2) is 52.3 Å². The highest BCUT2D eigenvalue weighted by molar-refractivity contribution is 7.99. The van der Waals surface area contributed by atoms with Crippen molar-refractivity contribution in [2.75, 3.05) is 13.1 Å². The summed E-state index contributed by atoms with van der Waals surface area (Å²) in [5.74, 6) is -0.601. The second-order valence-electron chi connectivity index (χ2n) is 4.97. The Balaban J connectivity index is 2.34. The highest BCUT2D eigenvalue weighted by atomic mass is 32.2. The summed E-state index contributed by atoms with van der Waals surface area (Å²) in [7, 11) is 0. The van der Waals surface area contributed by atoms with Crippen LogP contribution >= 0.6 is 11.8 Å². The molecule has 1 amide bonds. The molecule has 0 aliphatic rings. The molecule has 0 saturated heterocycles. The lowest BCUT2D eigenvalue weighted by atomic mass is 10.1. The monoisotopic (exact) mass is 348 g/mol. The number of rotatable bonds is 6. The fourth-order valence-electron chi connectivity index (χ4n) is 2.20. The molecular formula is C17H17FN2O3S. The lowest BCUT2D eigenvalue weighted by Crippen LogP contribution is -2.30. The zero-order valence-electron chi connectivity index (χ0n) is 13.4. The van der Waals surface area contributed by atoms with Crippen LogP contribution in [0.5, 0.6) is 0 Å². The van der Waals surface area contributed by atoms with Crippen LogP contribution in [-0.4, -0.2) is 28.8 Å². The van der Waals surface area contributed by atoms with Crippen LogP contribution in [0.25, 0.3) is 0 Å². The summed E-state index contributed by atoms with van der Waals surface area (Å²) in [6.45, 7) is 4.79. The number of halogens is 1. The summed E-state index contributed by atoms with van der Waals surface area (Å²) in [5.41, 5.74) is 0.149. The molecule has 0 saturated carbocycles. The largest absolute Gasteiger partial charge is 0.339 e. The number of nitro benzene ring substituents is 1. The van der Waals surface area contributed by atoms with Crippen LogP contribution in [0.4, 0.5) is 10.1 Å². The molecule has 0 heterocycles. The fourth-order valence-corrected chi connectivity index (χ4v) is 3.10. The Hall–Kier alpha value is -2.41. The van der Waals surface area contributed by atoms with Crippen molar-refractivity contribution in [3.05, 3.63) is 64.0 Å². The molecule has 2 rings (SSSR count). The molecule has 0 aliphatic heterocycles. The first-order valence-corrected chi connectivity index (χ1v) is 8.29. The van der Waals surface area contributed by atoms with Gasteiger partial charge in [-0.25, -0.2) is 4.39 Å². The van der Waals surface area contributed by atoms with E-state index in [1.165, 1.54) is 18.2 Å². The van der Waals surface area contributed by atoms with Gasteiger partial charge in [0, 0.05) is 29.6 Å². The minimum Gasteiger partial charge on any atom is -0.339 e. The fraction of sp³-hybridized carbons (Fsp3) is 0.235. The third-order valence-corrected chi connectivity index (χ3v) is 4.57. The maximum absolute atomic E-state index is 13.0. The van der Waals surface area contributed by atoms with E-state index in [4.69, 9.17) is 0 Å². The molecule has 0 N–H and O–H groups in total. The first kappa shape index (κ1) is 17.9. The SMILES string of the molecule is CCN(CC)C(=O)c1ccc(Sc2ccc(F)cc2)c([N+](=O)[O-])c1. The third-order valence-electron chi connectivity index (χ3n) is 3.49. The summed E-state index contributed by atoms with van der Waals surface area (Å²) in [6.07, 6.45) is 0. The molecule has 7 heteroatoms. The van der Waals surface area contributed by atoms with E-state index in [9.17, 15) is 19.3 Å². The van der Waals surface area contributed by atoms with Gasteiger partial charge in [0.25, 0.3) is 11.6 Å². The highest BCUT2D eigenvalue weighted by Crippen LogP contribution is 2.35. The van der Waals surface area contributed by atoms with Crippen molar-refractivity contribution in [3.63, 3.8) is 0 Å². The van der Waals surface area contributed by atoms with Crippen LogP contribution < -0.4 is 0 Å². The van der Waals surface area contributed by atoms with E-state index >= 15 is 0 Å². The second-order valence-corrected chi connectivity index (χ2v) is 6.09. The van der Waals surface area contributed by atoms with Gasteiger partial charge in [-0.3, -0.25) is 14.9 Å². The molecule has 0 aromatic heterocycles. The van der Waals surface area contributed by atoms with Gasteiger partial charge >= 0.3 is 0 Å². The molecule has 0 atom stereocenters. The van der Waals surface area contributed by atoms with E-state index in [0.717, 1.165) is 11.8 Å². The van der Waals surface area contributed by atoms with E-state index < -0.39 is 4.92 Å². The van der Waals surface area contributed by atoms with Crippen LogP contribution in [0, 0.1) is 15.9 Å². The van der Waals surface area contributed by atoms with Gasteiger partial charge in [-0.05, 0) is 50.2 Å². The van der Waals surface area contributed by atoms with Gasteiger partial charge in [-0.1, -0.05) is 11.8 Å². The highest BCUT2D eigenvalue weighted by Gasteiger charge is 2.20. The summed E-state index contributed by atoms with van der Waals surface area (Å²) < 4.78 is 13.0. The first-order chi connectivity index (χ1) is 11.5. The smallest absolute Gasteiger partial charge is 0.284 e. The topological polar surface area (TPSA) is 63.5 Å². The van der Waals surface area contributed by atoms with Gasteiger partial charge in [0.05, 0.1) is 9.82 Å². The third kappa shape index (κ3) is 4.11. The molecular weight excluding hydrogens is 331 g/mol. The molecule has 126 valence electrons. The Labute approximate surface area is 143 Å². The Morgan fingerprint density at radius 3 is 2.33 bits per heavy atom. The van der Waals surface area contributed by atoms with Crippen molar-refractivity contribution < 1.29 is 14.1 Å². The van der Waals surface area contributed by atoms with E-state index in [1.807, 2.05) is 13.8 Å². The van der Waals surface area contributed by atoms with Crippen molar-refractivity contribution in [1.29, 1.82) is 0 Å². The standard InChI is InChI=1S/C17H17FN2O3S/c1-3-19(4-2)17(21)12-5-10-16(15(11-12)20(22)23)24-14-8-6-13(18)7-9-14/h5-11H,3-4H2,1-2H3. The van der Waals surface area contributed by atoms with Gasteiger partial charge in [0.1, 0.15) is 5.82 Å². The van der Waals surface area contributed by atoms with Gasteiger partial charge in [-0.2, -0.15) is 0 Å². The number of nitro groups is 1. The maximum atomic E-state index is 13.0. The number of hydrogen-bond acceptors (Lipinski definition) is 4. The molecule has 2 aromatic carbocycles. The van der Waals surface area contributed by atoms with Crippen molar-refractivity contribution in [1.82, 2.24) is 4.90 Å². The van der Waals surface area contributed by atoms with Gasteiger partial charge in [0.15, 0.2) is 0 Å². The zero-order valence-corrected chi connectivity index (χ0v) is 14.2. The number of benzene rings is 2. The van der Waals surface area contributed by atoms with E-state index in [0.29, 0.717) is 22.9 Å². The normalized spacial score (nSPS) is 10.5. The number of nitrogens with zero attached hydrogens (tertiary/aromatic N) is 2. The summed E-state index contributed by atoms with van der Waals surface area (Å²) >= 11 is 1.16. The lowest BCUT2D eigenvalue weighted by molar-refractivity contribution is -0.387. The van der Waals surface area contributed by atoms with Crippen LogP contribution in [0.2, 0.25) is 0 Å². The average molecular weight is 348 g/mol. The molecule has 0 bridgehead atoms. The van der Waals surface area contributed by atoms with Crippen molar-refractivity contribution in [2.45, 2.75) is 23.6 Å². The van der Waals surface area contributed by atoms with Crippen LogP contribution in [0.3, 0.4) is 0 Å². The number of amides is 1. The maximum Gasteiger partial charge on any atom is 0.284 e. The molecule has 2 aromatic rings. The molecule has 0 fully saturated rings. The van der Waals surface area contributed by atoms with E-state index in [1.54, 1.807) is 29.2 Å². The van der Waals surface area contributed by atoms with E-state index in [-0.39, 0.29) is 23.0 Å². The summed E-state index contributed by atoms with van der Waals surface area (Å²) in [4.78, 5) is 25.9. The lowest BCUT2D eigenvalue weighted by Gasteiger charge is -2.18. The Morgan fingerprint density at radius 2 is 1.79 bits per heavy atom. The van der Waals surface area contributed by atoms with Crippen LogP contribution in [0.1, 0.15) is 24.2 Å².